The average molecular weight is 563 g/mol. The van der Waals surface area contributed by atoms with E-state index in [1.807, 2.05) is 34.9 Å². The van der Waals surface area contributed by atoms with Gasteiger partial charge in [0, 0.05) is 33.2 Å². The van der Waals surface area contributed by atoms with Crippen LogP contribution in [0.25, 0.3) is 0 Å². The summed E-state index contributed by atoms with van der Waals surface area (Å²) in [4.78, 5) is 61.3. The summed E-state index contributed by atoms with van der Waals surface area (Å²) in [6.45, 7) is 13.0. The smallest absolute Gasteiger partial charge is 0.245 e. The molecule has 0 aromatic heterocycles. The van der Waals surface area contributed by atoms with E-state index in [0.29, 0.717) is 19.5 Å². The van der Waals surface area contributed by atoms with Gasteiger partial charge in [0.2, 0.25) is 23.6 Å². The van der Waals surface area contributed by atoms with Gasteiger partial charge in [-0.05, 0) is 70.0 Å². The molecule has 0 radical (unpaired) electrons. The largest absolute Gasteiger partial charge is 0.357 e. The third kappa shape index (κ3) is 7.35. The van der Waals surface area contributed by atoms with Crippen molar-refractivity contribution < 1.29 is 19.2 Å². The van der Waals surface area contributed by atoms with Gasteiger partial charge in [-0.3, -0.25) is 29.0 Å². The molecule has 0 aliphatic carbocycles. The standard InChI is InChI=1S/C30H54N6O4/c1-20(2)24(19-35-17-11-15-23(35)28(39)36-18-12-14-22(36)26(37)31-6)34(8)29(40)25(30(3,4)5)32-27(38)21-13-9-10-16-33(21)7/h20-25H,9-19H2,1-8H3,(H,31,37)(H,32,38)/t21?,22-,23-,24+,25+/m0/s1. The van der Waals surface area contributed by atoms with E-state index in [0.717, 1.165) is 51.6 Å². The van der Waals surface area contributed by atoms with E-state index in [-0.39, 0.29) is 47.7 Å². The van der Waals surface area contributed by atoms with Gasteiger partial charge in [-0.25, -0.2) is 0 Å². The van der Waals surface area contributed by atoms with Crippen LogP contribution in [0.1, 0.15) is 79.6 Å². The normalized spacial score (nSPS) is 26.0. The summed E-state index contributed by atoms with van der Waals surface area (Å²) in [5, 5.41) is 5.83. The molecule has 10 nitrogen and oxygen atoms in total. The van der Waals surface area contributed by atoms with Crippen LogP contribution in [0.4, 0.5) is 0 Å². The Morgan fingerprint density at radius 1 is 0.875 bits per heavy atom. The van der Waals surface area contributed by atoms with E-state index in [1.165, 1.54) is 0 Å². The van der Waals surface area contributed by atoms with Crippen LogP contribution in [0, 0.1) is 11.3 Å². The van der Waals surface area contributed by atoms with E-state index < -0.39 is 17.5 Å². The Morgan fingerprint density at radius 2 is 1.50 bits per heavy atom. The summed E-state index contributed by atoms with van der Waals surface area (Å²) >= 11 is 0. The maximum Gasteiger partial charge on any atom is 0.245 e. The van der Waals surface area contributed by atoms with Gasteiger partial charge in [-0.1, -0.05) is 41.0 Å². The number of nitrogens with zero attached hydrogens (tertiary/aromatic N) is 4. The van der Waals surface area contributed by atoms with Crippen LogP contribution in [0.2, 0.25) is 0 Å². The highest BCUT2D eigenvalue weighted by Crippen LogP contribution is 2.28. The van der Waals surface area contributed by atoms with Gasteiger partial charge in [0.05, 0.1) is 12.1 Å². The third-order valence-corrected chi connectivity index (χ3v) is 9.24. The number of likely N-dealkylation sites (N-methyl/N-ethyl adjacent to an activating group) is 3. The summed E-state index contributed by atoms with van der Waals surface area (Å²) in [7, 11) is 5.43. The molecule has 3 heterocycles. The van der Waals surface area contributed by atoms with E-state index in [2.05, 4.69) is 34.3 Å². The van der Waals surface area contributed by atoms with Crippen molar-refractivity contribution in [3.63, 3.8) is 0 Å². The molecule has 228 valence electrons. The molecule has 0 saturated carbocycles. The van der Waals surface area contributed by atoms with Crippen molar-refractivity contribution in [1.29, 1.82) is 0 Å². The van der Waals surface area contributed by atoms with Gasteiger partial charge in [0.25, 0.3) is 0 Å². The number of rotatable bonds is 9. The minimum absolute atomic E-state index is 0.0246. The topological polar surface area (TPSA) is 105 Å². The van der Waals surface area contributed by atoms with Crippen LogP contribution in [-0.2, 0) is 19.2 Å². The second kappa shape index (κ2) is 13.6. The molecule has 40 heavy (non-hydrogen) atoms. The molecule has 0 aromatic rings. The number of carbonyl (C=O) groups is 4. The van der Waals surface area contributed by atoms with Gasteiger partial charge in [-0.15, -0.1) is 0 Å². The maximum absolute atomic E-state index is 14.0. The molecular formula is C30H54N6O4. The van der Waals surface area contributed by atoms with Gasteiger partial charge >= 0.3 is 0 Å². The third-order valence-electron chi connectivity index (χ3n) is 9.24. The molecule has 3 aliphatic heterocycles. The summed E-state index contributed by atoms with van der Waals surface area (Å²) in [6.07, 6.45) is 6.11. The van der Waals surface area contributed by atoms with Crippen molar-refractivity contribution in [2.75, 3.05) is 47.3 Å². The highest BCUT2D eigenvalue weighted by Gasteiger charge is 2.43. The van der Waals surface area contributed by atoms with Crippen LogP contribution in [0.3, 0.4) is 0 Å². The SMILES string of the molecule is CNC(=O)[C@@H]1CCCN1C(=O)[C@@H]1CCCN1C[C@H](C(C)C)N(C)C(=O)[C@@H](NC(=O)C1CCCCN1C)C(C)(C)C. The summed E-state index contributed by atoms with van der Waals surface area (Å²) in [5.41, 5.74) is -0.466. The van der Waals surface area contributed by atoms with Crippen molar-refractivity contribution in [1.82, 2.24) is 30.2 Å². The average Bonchev–Trinajstić information content (AvgIpc) is 3.58. The first-order valence-corrected chi connectivity index (χ1v) is 15.3. The predicted octanol–water partition coefficient (Wildman–Crippen LogP) is 1.69. The van der Waals surface area contributed by atoms with E-state index in [4.69, 9.17) is 0 Å². The number of likely N-dealkylation sites (tertiary alicyclic amines) is 3. The molecule has 0 aromatic carbocycles. The maximum atomic E-state index is 14.0. The lowest BCUT2D eigenvalue weighted by Crippen LogP contribution is -2.61. The Balaban J connectivity index is 1.74. The summed E-state index contributed by atoms with van der Waals surface area (Å²) in [5.74, 6) is -0.103. The Bertz CT molecular complexity index is 918. The highest BCUT2D eigenvalue weighted by atomic mass is 16.2. The first-order chi connectivity index (χ1) is 18.8. The Labute approximate surface area is 241 Å². The fourth-order valence-electron chi connectivity index (χ4n) is 6.67. The Hall–Kier alpha value is -2.20. The van der Waals surface area contributed by atoms with Crippen molar-refractivity contribution in [3.8, 4) is 0 Å². The van der Waals surface area contributed by atoms with Crippen LogP contribution < -0.4 is 10.6 Å². The Kier molecular flexibility index (Phi) is 11.0. The van der Waals surface area contributed by atoms with Crippen LogP contribution in [-0.4, -0.2) is 121 Å². The second-order valence-corrected chi connectivity index (χ2v) is 13.5. The quantitative estimate of drug-likeness (QED) is 0.443. The summed E-state index contributed by atoms with van der Waals surface area (Å²) < 4.78 is 0. The van der Waals surface area contributed by atoms with Crippen LogP contribution in [0.5, 0.6) is 0 Å². The first-order valence-electron chi connectivity index (χ1n) is 15.3. The molecule has 2 N–H and O–H groups in total. The molecule has 3 saturated heterocycles. The lowest BCUT2D eigenvalue weighted by atomic mass is 9.84. The molecule has 3 fully saturated rings. The Morgan fingerprint density at radius 3 is 2.10 bits per heavy atom. The fraction of sp³-hybridized carbons (Fsp3) is 0.867. The lowest BCUT2D eigenvalue weighted by Gasteiger charge is -2.41. The number of hydrogen-bond donors (Lipinski definition) is 2. The number of hydrogen-bond acceptors (Lipinski definition) is 6. The number of amides is 4. The van der Waals surface area contributed by atoms with Crippen LogP contribution >= 0.6 is 0 Å². The second-order valence-electron chi connectivity index (χ2n) is 13.5. The minimum Gasteiger partial charge on any atom is -0.357 e. The molecular weight excluding hydrogens is 508 g/mol. The molecule has 0 bridgehead atoms. The first kappa shape index (κ1) is 32.3. The monoisotopic (exact) mass is 562 g/mol. The fourth-order valence-corrected chi connectivity index (χ4v) is 6.67. The number of nitrogens with one attached hydrogen (secondary N) is 2. The van der Waals surface area contributed by atoms with Crippen molar-refractivity contribution in [2.45, 2.75) is 110 Å². The van der Waals surface area contributed by atoms with Gasteiger partial charge < -0.3 is 20.4 Å². The summed E-state index contributed by atoms with van der Waals surface area (Å²) in [6, 6.07) is -1.68. The van der Waals surface area contributed by atoms with Crippen molar-refractivity contribution in [3.05, 3.63) is 0 Å². The zero-order valence-corrected chi connectivity index (χ0v) is 26.2. The molecule has 1 unspecified atom stereocenters. The van der Waals surface area contributed by atoms with Crippen molar-refractivity contribution >= 4 is 23.6 Å². The van der Waals surface area contributed by atoms with Crippen LogP contribution in [0.15, 0.2) is 0 Å². The highest BCUT2D eigenvalue weighted by molar-refractivity contribution is 5.91. The predicted molar refractivity (Wildman–Crippen MR) is 156 cm³/mol. The molecule has 10 heteroatoms. The zero-order chi connectivity index (χ0) is 29.8. The van der Waals surface area contributed by atoms with Gasteiger partial charge in [-0.2, -0.15) is 0 Å². The molecule has 0 spiro atoms. The molecule has 3 rings (SSSR count). The van der Waals surface area contributed by atoms with E-state index in [1.54, 1.807) is 16.8 Å². The van der Waals surface area contributed by atoms with Gasteiger partial charge in [0.1, 0.15) is 12.1 Å². The molecule has 3 aliphatic rings. The number of piperidine rings is 1. The van der Waals surface area contributed by atoms with E-state index in [9.17, 15) is 19.2 Å². The minimum atomic E-state index is -0.657. The zero-order valence-electron chi connectivity index (χ0n) is 26.2. The number of carbonyl (C=O) groups excluding carboxylic acids is 4. The molecule has 5 atom stereocenters. The molecule has 4 amide bonds. The van der Waals surface area contributed by atoms with Gasteiger partial charge in [0.15, 0.2) is 0 Å². The van der Waals surface area contributed by atoms with Crippen molar-refractivity contribution in [2.24, 2.45) is 11.3 Å². The van der Waals surface area contributed by atoms with E-state index >= 15 is 0 Å². The lowest BCUT2D eigenvalue weighted by molar-refractivity contribution is -0.144.